The van der Waals surface area contributed by atoms with Crippen molar-refractivity contribution in [3.63, 3.8) is 0 Å². The van der Waals surface area contributed by atoms with Gasteiger partial charge >= 0.3 is 0 Å². The summed E-state index contributed by atoms with van der Waals surface area (Å²) < 4.78 is 0. The minimum atomic E-state index is -0.0533. The van der Waals surface area contributed by atoms with Gasteiger partial charge in [0.15, 0.2) is 0 Å². The number of hydrogen-bond donors (Lipinski definition) is 1. The highest BCUT2D eigenvalue weighted by Crippen LogP contribution is 2.24. The number of carbonyl (C=O) groups excluding carboxylic acids is 2. The molecule has 0 bridgehead atoms. The second kappa shape index (κ2) is 9.25. The van der Waals surface area contributed by atoms with Gasteiger partial charge in [-0.1, -0.05) is 53.5 Å². The van der Waals surface area contributed by atoms with Crippen LogP contribution < -0.4 is 5.32 Å². The van der Waals surface area contributed by atoms with Crippen LogP contribution in [0.4, 0.5) is 0 Å². The van der Waals surface area contributed by atoms with Crippen LogP contribution in [0.25, 0.3) is 0 Å². The lowest BCUT2D eigenvalue weighted by Crippen LogP contribution is -2.46. The summed E-state index contributed by atoms with van der Waals surface area (Å²) in [6.07, 6.45) is 2.72. The van der Waals surface area contributed by atoms with Crippen molar-refractivity contribution in [3.8, 4) is 0 Å². The van der Waals surface area contributed by atoms with E-state index in [1.165, 1.54) is 0 Å². The maximum atomic E-state index is 12.6. The molecule has 6 heteroatoms. The Morgan fingerprint density at radius 1 is 1.00 bits per heavy atom. The molecule has 4 nitrogen and oxygen atoms in total. The largest absolute Gasteiger partial charge is 0.353 e. The van der Waals surface area contributed by atoms with Crippen LogP contribution in [0.2, 0.25) is 10.0 Å². The lowest BCUT2D eigenvalue weighted by Gasteiger charge is -2.32. The topological polar surface area (TPSA) is 49.4 Å². The Bertz CT molecular complexity index is 803. The first-order valence-electron chi connectivity index (χ1n) is 9.10. The molecule has 2 aromatic rings. The number of rotatable bonds is 5. The number of carbonyl (C=O) groups is 2. The van der Waals surface area contributed by atoms with E-state index in [0.717, 1.165) is 24.8 Å². The predicted molar refractivity (Wildman–Crippen MR) is 108 cm³/mol. The Hall–Kier alpha value is -2.04. The first-order chi connectivity index (χ1) is 13.0. The van der Waals surface area contributed by atoms with Gasteiger partial charge in [0.2, 0.25) is 5.91 Å². The maximum Gasteiger partial charge on any atom is 0.253 e. The van der Waals surface area contributed by atoms with Crippen molar-refractivity contribution in [2.75, 3.05) is 13.1 Å². The van der Waals surface area contributed by atoms with E-state index in [9.17, 15) is 9.59 Å². The molecule has 0 radical (unpaired) electrons. The van der Waals surface area contributed by atoms with Crippen molar-refractivity contribution in [1.82, 2.24) is 10.2 Å². The summed E-state index contributed by atoms with van der Waals surface area (Å²) in [5.74, 6) is 0.00975. The molecule has 1 heterocycles. The summed E-state index contributed by atoms with van der Waals surface area (Å²) >= 11 is 11.9. The Morgan fingerprint density at radius 3 is 2.37 bits per heavy atom. The van der Waals surface area contributed by atoms with Crippen LogP contribution in [0.15, 0.2) is 48.5 Å². The molecule has 142 valence electrons. The molecular weight excluding hydrogens is 383 g/mol. The van der Waals surface area contributed by atoms with Crippen molar-refractivity contribution in [2.45, 2.75) is 31.7 Å². The fourth-order valence-electron chi connectivity index (χ4n) is 3.24. The van der Waals surface area contributed by atoms with E-state index in [2.05, 4.69) is 5.32 Å². The maximum absolute atomic E-state index is 12.6. The second-order valence-electron chi connectivity index (χ2n) is 6.75. The first-order valence-corrected chi connectivity index (χ1v) is 9.86. The lowest BCUT2D eigenvalue weighted by molar-refractivity contribution is -0.122. The molecule has 0 aromatic heterocycles. The molecule has 0 atom stereocenters. The highest BCUT2D eigenvalue weighted by atomic mass is 35.5. The highest BCUT2D eigenvalue weighted by Gasteiger charge is 2.24. The summed E-state index contributed by atoms with van der Waals surface area (Å²) in [4.78, 5) is 26.6. The number of likely N-dealkylation sites (tertiary alicyclic amines) is 1. The predicted octanol–water partition coefficient (Wildman–Crippen LogP) is 4.35. The van der Waals surface area contributed by atoms with Gasteiger partial charge in [0.05, 0.1) is 10.0 Å². The van der Waals surface area contributed by atoms with E-state index in [0.29, 0.717) is 35.1 Å². The van der Waals surface area contributed by atoms with E-state index in [1.54, 1.807) is 23.1 Å². The van der Waals surface area contributed by atoms with Crippen LogP contribution in [0.3, 0.4) is 0 Å². The number of piperidine rings is 1. The quantitative estimate of drug-likeness (QED) is 0.804. The van der Waals surface area contributed by atoms with E-state index in [4.69, 9.17) is 23.2 Å². The van der Waals surface area contributed by atoms with Gasteiger partial charge in [-0.05, 0) is 43.0 Å². The Balaban J connectivity index is 1.45. The smallest absolute Gasteiger partial charge is 0.253 e. The number of amides is 2. The number of hydrogen-bond acceptors (Lipinski definition) is 2. The molecule has 0 saturated carbocycles. The fourth-order valence-corrected chi connectivity index (χ4v) is 3.54. The molecule has 0 aliphatic carbocycles. The highest BCUT2D eigenvalue weighted by molar-refractivity contribution is 6.42. The summed E-state index contributed by atoms with van der Waals surface area (Å²) in [6, 6.07) is 15.0. The zero-order valence-electron chi connectivity index (χ0n) is 15.0. The van der Waals surface area contributed by atoms with Crippen LogP contribution >= 0.6 is 23.2 Å². The third kappa shape index (κ3) is 5.47. The lowest BCUT2D eigenvalue weighted by atomic mass is 10.0. The number of nitrogens with zero attached hydrogens (tertiary/aromatic N) is 1. The minimum absolute atomic E-state index is 0.0533. The van der Waals surface area contributed by atoms with E-state index in [1.807, 2.05) is 30.3 Å². The SMILES string of the molecule is O=C(CCc1ccccc1)NC1CCN(C(=O)c2ccc(Cl)c(Cl)c2)CC1. The summed E-state index contributed by atoms with van der Waals surface area (Å²) in [6.45, 7) is 1.23. The van der Waals surface area contributed by atoms with Gasteiger partial charge in [-0.15, -0.1) is 0 Å². The summed E-state index contributed by atoms with van der Waals surface area (Å²) in [5.41, 5.74) is 1.70. The van der Waals surface area contributed by atoms with Crippen LogP contribution in [0.5, 0.6) is 0 Å². The molecule has 2 amide bonds. The van der Waals surface area contributed by atoms with Crippen LogP contribution in [-0.4, -0.2) is 35.8 Å². The molecule has 1 N–H and O–H groups in total. The Labute approximate surface area is 169 Å². The molecule has 1 fully saturated rings. The van der Waals surface area contributed by atoms with Crippen molar-refractivity contribution in [1.29, 1.82) is 0 Å². The monoisotopic (exact) mass is 404 g/mol. The first kappa shape index (κ1) is 19.7. The summed E-state index contributed by atoms with van der Waals surface area (Å²) in [5, 5.41) is 3.90. The third-order valence-electron chi connectivity index (χ3n) is 4.80. The molecular formula is C21H22Cl2N2O2. The fraction of sp³-hybridized carbons (Fsp3) is 0.333. The molecule has 1 aliphatic heterocycles. The minimum Gasteiger partial charge on any atom is -0.353 e. The van der Waals surface area contributed by atoms with E-state index in [-0.39, 0.29) is 17.9 Å². The normalized spacial score (nSPS) is 14.8. The summed E-state index contributed by atoms with van der Waals surface area (Å²) in [7, 11) is 0. The molecule has 1 aliphatic rings. The zero-order valence-corrected chi connectivity index (χ0v) is 16.5. The second-order valence-corrected chi connectivity index (χ2v) is 7.56. The Morgan fingerprint density at radius 2 is 1.70 bits per heavy atom. The number of aryl methyl sites for hydroxylation is 1. The van der Waals surface area contributed by atoms with Crippen LogP contribution in [0, 0.1) is 0 Å². The third-order valence-corrected chi connectivity index (χ3v) is 5.54. The Kier molecular flexibility index (Phi) is 6.75. The van der Waals surface area contributed by atoms with Crippen molar-refractivity contribution >= 4 is 35.0 Å². The average molecular weight is 405 g/mol. The van der Waals surface area contributed by atoms with E-state index < -0.39 is 0 Å². The molecule has 2 aromatic carbocycles. The van der Waals surface area contributed by atoms with Crippen molar-refractivity contribution in [3.05, 3.63) is 69.7 Å². The van der Waals surface area contributed by atoms with Gasteiger partial charge in [0.1, 0.15) is 0 Å². The van der Waals surface area contributed by atoms with E-state index >= 15 is 0 Å². The van der Waals surface area contributed by atoms with Gasteiger partial charge < -0.3 is 10.2 Å². The van der Waals surface area contributed by atoms with Crippen molar-refractivity contribution in [2.24, 2.45) is 0 Å². The van der Waals surface area contributed by atoms with Gasteiger partial charge in [0.25, 0.3) is 5.91 Å². The number of benzene rings is 2. The van der Waals surface area contributed by atoms with Gasteiger partial charge in [-0.25, -0.2) is 0 Å². The molecule has 0 spiro atoms. The average Bonchev–Trinajstić information content (AvgIpc) is 2.69. The standard InChI is InChI=1S/C21H22Cl2N2O2/c22-18-8-7-16(14-19(18)23)21(27)25-12-10-17(11-13-25)24-20(26)9-6-15-4-2-1-3-5-15/h1-5,7-8,14,17H,6,9-13H2,(H,24,26). The molecule has 1 saturated heterocycles. The number of nitrogens with one attached hydrogen (secondary N) is 1. The molecule has 3 rings (SSSR count). The molecule has 27 heavy (non-hydrogen) atoms. The van der Waals surface area contributed by atoms with Crippen molar-refractivity contribution < 1.29 is 9.59 Å². The van der Waals surface area contributed by atoms with Gasteiger partial charge in [-0.3, -0.25) is 9.59 Å². The van der Waals surface area contributed by atoms with Gasteiger partial charge in [-0.2, -0.15) is 0 Å². The zero-order chi connectivity index (χ0) is 19.2. The van der Waals surface area contributed by atoms with Crippen LogP contribution in [-0.2, 0) is 11.2 Å². The number of halogens is 2. The molecule has 0 unspecified atom stereocenters. The van der Waals surface area contributed by atoms with Gasteiger partial charge in [0, 0.05) is 31.1 Å². The van der Waals surface area contributed by atoms with Crippen LogP contribution in [0.1, 0.15) is 35.2 Å².